The van der Waals surface area contributed by atoms with Gasteiger partial charge in [0.1, 0.15) is 5.58 Å². The number of hydrogen-bond acceptors (Lipinski definition) is 5. The van der Waals surface area contributed by atoms with Crippen molar-refractivity contribution >= 4 is 43.2 Å². The first-order chi connectivity index (χ1) is 14.7. The van der Waals surface area contributed by atoms with Crippen molar-refractivity contribution < 1.29 is 12.8 Å². The number of sulfonamides is 1. The third-order valence-corrected chi connectivity index (χ3v) is 7.13. The van der Waals surface area contributed by atoms with Crippen LogP contribution in [0.4, 0.5) is 5.69 Å². The van der Waals surface area contributed by atoms with Crippen LogP contribution >= 0.6 is 11.3 Å². The summed E-state index contributed by atoms with van der Waals surface area (Å²) in [5.74, 6) is 0.197. The number of aryl methyl sites for hydroxylation is 3. The number of hydrogen-bond donors (Lipinski definition) is 1. The van der Waals surface area contributed by atoms with Crippen molar-refractivity contribution in [3.8, 4) is 0 Å². The van der Waals surface area contributed by atoms with E-state index in [1.165, 1.54) is 0 Å². The first-order valence-corrected chi connectivity index (χ1v) is 11.8. The van der Waals surface area contributed by atoms with Gasteiger partial charge in [0.05, 0.1) is 9.60 Å². The molecule has 0 aliphatic heterocycles. The van der Waals surface area contributed by atoms with Gasteiger partial charge in [0.2, 0.25) is 0 Å². The Hall–Kier alpha value is -3.23. The van der Waals surface area contributed by atoms with E-state index in [1.807, 2.05) is 39.0 Å². The molecule has 0 amide bonds. The smallest absolute Gasteiger partial charge is 0.396 e. The molecule has 0 aliphatic rings. The minimum absolute atomic E-state index is 0.116. The van der Waals surface area contributed by atoms with Gasteiger partial charge in [0.15, 0.2) is 5.84 Å². The Kier molecular flexibility index (Phi) is 5.51. The lowest BCUT2D eigenvalue weighted by Gasteiger charge is -2.15. The molecule has 0 spiro atoms. The van der Waals surface area contributed by atoms with Crippen LogP contribution in [0.5, 0.6) is 0 Å². The predicted molar refractivity (Wildman–Crippen MR) is 125 cm³/mol. The number of anilines is 1. The zero-order chi connectivity index (χ0) is 22.2. The van der Waals surface area contributed by atoms with Crippen LogP contribution in [0.2, 0.25) is 0 Å². The number of fused-ring (bicyclic) bond motifs is 1. The molecule has 0 aliphatic carbocycles. The zero-order valence-corrected chi connectivity index (χ0v) is 18.8. The van der Waals surface area contributed by atoms with Gasteiger partial charge in [-0.1, -0.05) is 59.4 Å². The molecule has 31 heavy (non-hydrogen) atoms. The summed E-state index contributed by atoms with van der Waals surface area (Å²) in [5.41, 5.74) is 4.39. The highest BCUT2D eigenvalue weighted by Gasteiger charge is 2.19. The topological polar surface area (TPSA) is 88.7 Å². The predicted octanol–water partition coefficient (Wildman–Crippen LogP) is 5.03. The summed E-state index contributed by atoms with van der Waals surface area (Å²) in [5, 5.41) is 3.20. The highest BCUT2D eigenvalue weighted by molar-refractivity contribution is 7.90. The van der Waals surface area contributed by atoms with Gasteiger partial charge in [-0.05, 0) is 50.1 Å². The summed E-state index contributed by atoms with van der Waals surface area (Å²) in [6, 6.07) is 17.4. The molecule has 0 fully saturated rings. The molecule has 1 aromatic heterocycles. The van der Waals surface area contributed by atoms with Gasteiger partial charge in [-0.15, -0.1) is 4.40 Å². The van der Waals surface area contributed by atoms with Crippen molar-refractivity contribution in [3.05, 3.63) is 92.7 Å². The van der Waals surface area contributed by atoms with Crippen LogP contribution in [-0.2, 0) is 10.0 Å². The molecule has 4 aromatic rings. The number of amidine groups is 1. The molecule has 3 aromatic carbocycles. The van der Waals surface area contributed by atoms with Gasteiger partial charge in [-0.3, -0.25) is 0 Å². The second-order valence-electron chi connectivity index (χ2n) is 7.19. The fourth-order valence-electron chi connectivity index (χ4n) is 3.26. The van der Waals surface area contributed by atoms with Crippen molar-refractivity contribution in [2.75, 3.05) is 5.32 Å². The lowest BCUT2D eigenvalue weighted by Crippen LogP contribution is -2.18. The van der Waals surface area contributed by atoms with Crippen molar-refractivity contribution in [2.24, 2.45) is 4.40 Å². The van der Waals surface area contributed by atoms with Crippen LogP contribution < -0.4 is 10.3 Å². The number of benzene rings is 3. The summed E-state index contributed by atoms with van der Waals surface area (Å²) >= 11 is 1.02. The van der Waals surface area contributed by atoms with E-state index in [9.17, 15) is 13.2 Å². The summed E-state index contributed by atoms with van der Waals surface area (Å²) in [4.78, 5) is 11.4. The molecule has 0 saturated heterocycles. The molecule has 0 atom stereocenters. The highest BCUT2D eigenvalue weighted by Crippen LogP contribution is 2.31. The monoisotopic (exact) mass is 452 g/mol. The Bertz CT molecular complexity index is 1450. The standard InChI is InChI=1S/C23H20N2O4S2/c1-14-9-11-18(12-10-14)31(27,28)25-22(17-7-5-4-6-8-17)24-20-15(2)13-19-21(16(20)3)30-23(26)29-19/h4-13H,1-3H3,(H,24,25). The Morgan fingerprint density at radius 1 is 1.00 bits per heavy atom. The molecule has 0 radical (unpaired) electrons. The third kappa shape index (κ3) is 4.30. The van der Waals surface area contributed by atoms with Crippen molar-refractivity contribution in [3.63, 3.8) is 0 Å². The van der Waals surface area contributed by atoms with Crippen LogP contribution in [0.25, 0.3) is 10.3 Å². The maximum Gasteiger partial charge on any atom is 0.396 e. The SMILES string of the molecule is Cc1ccc(S(=O)(=O)N=C(Nc2c(C)cc3oc(=O)sc3c2C)c2ccccc2)cc1. The van der Waals surface area contributed by atoms with E-state index in [-0.39, 0.29) is 15.7 Å². The second-order valence-corrected chi connectivity index (χ2v) is 9.74. The zero-order valence-electron chi connectivity index (χ0n) is 17.2. The summed E-state index contributed by atoms with van der Waals surface area (Å²) in [7, 11) is -3.95. The molecular weight excluding hydrogens is 432 g/mol. The first kappa shape index (κ1) is 21.0. The summed E-state index contributed by atoms with van der Waals surface area (Å²) < 4.78 is 36.1. The van der Waals surface area contributed by atoms with E-state index in [1.54, 1.807) is 42.5 Å². The molecule has 8 heteroatoms. The van der Waals surface area contributed by atoms with Crippen LogP contribution in [0.1, 0.15) is 22.3 Å². The molecule has 0 saturated carbocycles. The normalized spacial score (nSPS) is 12.3. The molecule has 1 N–H and O–H groups in total. The minimum Gasteiger partial charge on any atom is -0.414 e. The van der Waals surface area contributed by atoms with E-state index in [2.05, 4.69) is 9.71 Å². The van der Waals surface area contributed by atoms with E-state index in [0.717, 1.165) is 28.0 Å². The maximum atomic E-state index is 13.0. The van der Waals surface area contributed by atoms with Gasteiger partial charge < -0.3 is 9.73 Å². The lowest BCUT2D eigenvalue weighted by molar-refractivity contribution is 0.585. The summed E-state index contributed by atoms with van der Waals surface area (Å²) in [6.45, 7) is 5.62. The lowest BCUT2D eigenvalue weighted by atomic mass is 10.1. The molecule has 4 rings (SSSR count). The fraction of sp³-hybridized carbons (Fsp3) is 0.130. The van der Waals surface area contributed by atoms with Crippen molar-refractivity contribution in [1.82, 2.24) is 0 Å². The Balaban J connectivity index is 1.86. The second kappa shape index (κ2) is 8.13. The van der Waals surface area contributed by atoms with Gasteiger partial charge >= 0.3 is 4.94 Å². The molecule has 6 nitrogen and oxygen atoms in total. The average molecular weight is 453 g/mol. The van der Waals surface area contributed by atoms with Gasteiger partial charge in [-0.2, -0.15) is 8.42 Å². The Morgan fingerprint density at radius 3 is 2.35 bits per heavy atom. The average Bonchev–Trinajstić information content (AvgIpc) is 3.11. The third-order valence-electron chi connectivity index (χ3n) is 4.88. The first-order valence-electron chi connectivity index (χ1n) is 9.52. The molecule has 1 heterocycles. The molecular formula is C23H20N2O4S2. The van der Waals surface area contributed by atoms with Crippen LogP contribution in [0.3, 0.4) is 0 Å². The van der Waals surface area contributed by atoms with E-state index in [0.29, 0.717) is 21.5 Å². The number of rotatable bonds is 4. The quantitative estimate of drug-likeness (QED) is 0.347. The molecule has 0 unspecified atom stereocenters. The minimum atomic E-state index is -3.95. The van der Waals surface area contributed by atoms with Crippen LogP contribution in [0, 0.1) is 20.8 Å². The van der Waals surface area contributed by atoms with Crippen molar-refractivity contribution in [1.29, 1.82) is 0 Å². The Morgan fingerprint density at radius 2 is 1.68 bits per heavy atom. The number of nitrogens with zero attached hydrogens (tertiary/aromatic N) is 1. The van der Waals surface area contributed by atoms with Gasteiger partial charge in [0, 0.05) is 11.3 Å². The largest absolute Gasteiger partial charge is 0.414 e. The highest BCUT2D eigenvalue weighted by atomic mass is 32.2. The van der Waals surface area contributed by atoms with E-state index in [4.69, 9.17) is 4.42 Å². The van der Waals surface area contributed by atoms with Crippen LogP contribution in [-0.4, -0.2) is 14.3 Å². The molecule has 158 valence electrons. The van der Waals surface area contributed by atoms with Gasteiger partial charge in [-0.25, -0.2) is 4.79 Å². The summed E-state index contributed by atoms with van der Waals surface area (Å²) in [6.07, 6.45) is 0. The number of nitrogens with one attached hydrogen (secondary N) is 1. The van der Waals surface area contributed by atoms with E-state index < -0.39 is 10.0 Å². The van der Waals surface area contributed by atoms with Crippen LogP contribution in [0.15, 0.2) is 79.2 Å². The molecule has 0 bridgehead atoms. The fourth-order valence-corrected chi connectivity index (χ4v) is 4.99. The van der Waals surface area contributed by atoms with Gasteiger partial charge in [0.25, 0.3) is 10.0 Å². The Labute approximate surface area is 183 Å². The van der Waals surface area contributed by atoms with E-state index >= 15 is 0 Å². The van der Waals surface area contributed by atoms with Crippen molar-refractivity contribution in [2.45, 2.75) is 25.7 Å². The maximum absolute atomic E-state index is 13.0.